The molecule has 2 aromatic heterocycles. The predicted molar refractivity (Wildman–Crippen MR) is 99.9 cm³/mol. The second kappa shape index (κ2) is 7.86. The fourth-order valence-electron chi connectivity index (χ4n) is 2.93. The summed E-state index contributed by atoms with van der Waals surface area (Å²) in [6.07, 6.45) is 5.51. The maximum atomic E-state index is 12.1. The van der Waals surface area contributed by atoms with Crippen LogP contribution in [0, 0.1) is 0 Å². The molecule has 1 aliphatic carbocycles. The number of hydrogen-bond acceptors (Lipinski definition) is 6. The van der Waals surface area contributed by atoms with E-state index in [1.165, 1.54) is 0 Å². The van der Waals surface area contributed by atoms with E-state index in [1.54, 1.807) is 18.3 Å². The van der Waals surface area contributed by atoms with Crippen LogP contribution in [-0.4, -0.2) is 42.1 Å². The predicted octanol–water partition coefficient (Wildman–Crippen LogP) is 3.05. The van der Waals surface area contributed by atoms with Crippen LogP contribution in [0.5, 0.6) is 0 Å². The zero-order valence-electron chi connectivity index (χ0n) is 14.3. The average molecular weight is 408 g/mol. The van der Waals surface area contributed by atoms with Gasteiger partial charge < -0.3 is 20.0 Å². The minimum Gasteiger partial charge on any atom is -0.444 e. The lowest BCUT2D eigenvalue weighted by Crippen LogP contribution is -2.40. The number of furan rings is 1. The SMILES string of the molecule is CN(C)c1ccnc(N[C@H]2CC[C@@H](NC(=O)c3ccc(Br)o3)CC2)n1. The molecule has 134 valence electrons. The van der Waals surface area contributed by atoms with Crippen molar-refractivity contribution in [3.63, 3.8) is 0 Å². The molecule has 2 heterocycles. The van der Waals surface area contributed by atoms with Crippen molar-refractivity contribution in [3.05, 3.63) is 34.8 Å². The summed E-state index contributed by atoms with van der Waals surface area (Å²) in [5.74, 6) is 1.70. The lowest BCUT2D eigenvalue weighted by molar-refractivity contribution is 0.0897. The zero-order valence-corrected chi connectivity index (χ0v) is 15.9. The number of hydrogen-bond donors (Lipinski definition) is 2. The van der Waals surface area contributed by atoms with Crippen LogP contribution in [0.1, 0.15) is 36.2 Å². The van der Waals surface area contributed by atoms with E-state index in [2.05, 4.69) is 36.5 Å². The average Bonchev–Trinajstić information content (AvgIpc) is 3.03. The molecular formula is C17H22BrN5O2. The van der Waals surface area contributed by atoms with E-state index in [0.29, 0.717) is 22.4 Å². The number of halogens is 1. The van der Waals surface area contributed by atoms with E-state index < -0.39 is 0 Å². The van der Waals surface area contributed by atoms with Gasteiger partial charge in [-0.15, -0.1) is 0 Å². The molecule has 7 nitrogen and oxygen atoms in total. The largest absolute Gasteiger partial charge is 0.444 e. The third-order valence-corrected chi connectivity index (χ3v) is 4.72. The monoisotopic (exact) mass is 407 g/mol. The molecular weight excluding hydrogens is 386 g/mol. The molecule has 0 spiro atoms. The Balaban J connectivity index is 1.48. The molecule has 25 heavy (non-hydrogen) atoms. The molecule has 0 unspecified atom stereocenters. The van der Waals surface area contributed by atoms with Gasteiger partial charge in [-0.1, -0.05) is 0 Å². The Morgan fingerprint density at radius 3 is 2.56 bits per heavy atom. The topological polar surface area (TPSA) is 83.3 Å². The first-order valence-corrected chi connectivity index (χ1v) is 9.13. The standard InChI is InChI=1S/C17H22BrN5O2/c1-23(2)15-9-10-19-17(22-15)21-12-5-3-11(4-6-12)20-16(24)13-7-8-14(18)25-13/h7-12H,3-6H2,1-2H3,(H,20,24)(H,19,21,22)/t11-,12+. The molecule has 0 aromatic carbocycles. The highest BCUT2D eigenvalue weighted by molar-refractivity contribution is 9.10. The number of anilines is 2. The van der Waals surface area contributed by atoms with Gasteiger partial charge in [-0.25, -0.2) is 4.98 Å². The van der Waals surface area contributed by atoms with Crippen LogP contribution >= 0.6 is 15.9 Å². The molecule has 0 saturated heterocycles. The Bertz CT molecular complexity index is 725. The molecule has 2 aromatic rings. The molecule has 3 rings (SSSR count). The summed E-state index contributed by atoms with van der Waals surface area (Å²) in [5, 5.41) is 6.44. The van der Waals surface area contributed by atoms with Crippen molar-refractivity contribution in [2.24, 2.45) is 0 Å². The van der Waals surface area contributed by atoms with Crippen LogP contribution in [0.3, 0.4) is 0 Å². The van der Waals surface area contributed by atoms with Crippen molar-refractivity contribution < 1.29 is 9.21 Å². The normalized spacial score (nSPS) is 20.1. The van der Waals surface area contributed by atoms with Gasteiger partial charge in [-0.2, -0.15) is 4.98 Å². The fourth-order valence-corrected chi connectivity index (χ4v) is 3.23. The van der Waals surface area contributed by atoms with Crippen LogP contribution in [0.25, 0.3) is 0 Å². The molecule has 0 aliphatic heterocycles. The van der Waals surface area contributed by atoms with Gasteiger partial charge in [0.25, 0.3) is 5.91 Å². The molecule has 2 N–H and O–H groups in total. The van der Waals surface area contributed by atoms with Crippen molar-refractivity contribution in [1.29, 1.82) is 0 Å². The van der Waals surface area contributed by atoms with Gasteiger partial charge in [0.2, 0.25) is 5.95 Å². The molecule has 1 fully saturated rings. The first kappa shape index (κ1) is 17.7. The summed E-state index contributed by atoms with van der Waals surface area (Å²) in [7, 11) is 3.91. The molecule has 1 saturated carbocycles. The van der Waals surface area contributed by atoms with Gasteiger partial charge in [0, 0.05) is 32.4 Å². The third kappa shape index (κ3) is 4.72. The highest BCUT2D eigenvalue weighted by atomic mass is 79.9. The number of aromatic nitrogens is 2. The molecule has 0 atom stereocenters. The second-order valence-electron chi connectivity index (χ2n) is 6.40. The van der Waals surface area contributed by atoms with Crippen LogP contribution in [0.15, 0.2) is 33.5 Å². The van der Waals surface area contributed by atoms with Crippen molar-refractivity contribution in [2.75, 3.05) is 24.3 Å². The van der Waals surface area contributed by atoms with Crippen LogP contribution in [0.2, 0.25) is 0 Å². The number of carbonyl (C=O) groups excluding carboxylic acids is 1. The minimum absolute atomic E-state index is 0.163. The molecule has 0 bridgehead atoms. The summed E-state index contributed by atoms with van der Waals surface area (Å²) in [6.45, 7) is 0. The Morgan fingerprint density at radius 2 is 1.92 bits per heavy atom. The molecule has 1 amide bonds. The van der Waals surface area contributed by atoms with Crippen molar-refractivity contribution in [1.82, 2.24) is 15.3 Å². The number of nitrogens with zero attached hydrogens (tertiary/aromatic N) is 3. The molecule has 0 radical (unpaired) electrons. The van der Waals surface area contributed by atoms with Gasteiger partial charge in [-0.05, 0) is 59.8 Å². The second-order valence-corrected chi connectivity index (χ2v) is 7.18. The van der Waals surface area contributed by atoms with Gasteiger partial charge in [-0.3, -0.25) is 4.79 Å². The Kier molecular flexibility index (Phi) is 5.57. The third-order valence-electron chi connectivity index (χ3n) is 4.29. The van der Waals surface area contributed by atoms with Crippen LogP contribution < -0.4 is 15.5 Å². The van der Waals surface area contributed by atoms with Gasteiger partial charge >= 0.3 is 0 Å². The Labute approximate surface area is 155 Å². The van der Waals surface area contributed by atoms with Gasteiger partial charge in [0.05, 0.1) is 0 Å². The minimum atomic E-state index is -0.163. The highest BCUT2D eigenvalue weighted by Gasteiger charge is 2.24. The van der Waals surface area contributed by atoms with Crippen molar-refractivity contribution >= 4 is 33.6 Å². The van der Waals surface area contributed by atoms with Crippen LogP contribution in [-0.2, 0) is 0 Å². The smallest absolute Gasteiger partial charge is 0.287 e. The molecule has 1 aliphatic rings. The van der Waals surface area contributed by atoms with E-state index in [9.17, 15) is 4.79 Å². The first-order chi connectivity index (χ1) is 12.0. The van der Waals surface area contributed by atoms with Crippen molar-refractivity contribution in [2.45, 2.75) is 37.8 Å². The van der Waals surface area contributed by atoms with Crippen LogP contribution in [0.4, 0.5) is 11.8 Å². The lowest BCUT2D eigenvalue weighted by Gasteiger charge is -2.29. The van der Waals surface area contributed by atoms with E-state index >= 15 is 0 Å². The quantitative estimate of drug-likeness (QED) is 0.792. The molecule has 8 heteroatoms. The summed E-state index contributed by atoms with van der Waals surface area (Å²) in [5.41, 5.74) is 0. The van der Waals surface area contributed by atoms with Crippen molar-refractivity contribution in [3.8, 4) is 0 Å². The van der Waals surface area contributed by atoms with E-state index in [0.717, 1.165) is 31.5 Å². The van der Waals surface area contributed by atoms with E-state index in [4.69, 9.17) is 4.42 Å². The fraction of sp³-hybridized carbons (Fsp3) is 0.471. The number of amides is 1. The lowest BCUT2D eigenvalue weighted by atomic mass is 9.91. The summed E-state index contributed by atoms with van der Waals surface area (Å²) in [6, 6.07) is 5.76. The Morgan fingerprint density at radius 1 is 1.20 bits per heavy atom. The van der Waals surface area contributed by atoms with E-state index in [1.807, 2.05) is 25.1 Å². The Hall–Kier alpha value is -2.09. The number of carbonyl (C=O) groups is 1. The highest BCUT2D eigenvalue weighted by Crippen LogP contribution is 2.22. The number of rotatable bonds is 5. The zero-order chi connectivity index (χ0) is 17.8. The van der Waals surface area contributed by atoms with Gasteiger partial charge in [0.1, 0.15) is 5.82 Å². The number of nitrogens with one attached hydrogen (secondary N) is 2. The van der Waals surface area contributed by atoms with Gasteiger partial charge in [0.15, 0.2) is 10.4 Å². The summed E-state index contributed by atoms with van der Waals surface area (Å²) in [4.78, 5) is 22.9. The summed E-state index contributed by atoms with van der Waals surface area (Å²) < 4.78 is 5.85. The van der Waals surface area contributed by atoms with E-state index in [-0.39, 0.29) is 11.9 Å². The first-order valence-electron chi connectivity index (χ1n) is 8.34. The maximum absolute atomic E-state index is 12.1. The summed E-state index contributed by atoms with van der Waals surface area (Å²) >= 11 is 3.21. The maximum Gasteiger partial charge on any atom is 0.287 e.